The molecule has 0 aliphatic carbocycles. The zero-order valence-electron chi connectivity index (χ0n) is 9.12. The van der Waals surface area contributed by atoms with Crippen LogP contribution in [0.4, 0.5) is 0 Å². The summed E-state index contributed by atoms with van der Waals surface area (Å²) in [7, 11) is 0. The van der Waals surface area contributed by atoms with E-state index < -0.39 is 6.04 Å². The first kappa shape index (κ1) is 12.4. The van der Waals surface area contributed by atoms with E-state index >= 15 is 0 Å². The van der Waals surface area contributed by atoms with Crippen molar-refractivity contribution in [3.8, 4) is 0 Å². The highest BCUT2D eigenvalue weighted by atomic mass is 32.2. The van der Waals surface area contributed by atoms with Gasteiger partial charge < -0.3 is 10.1 Å². The molecule has 5 heteroatoms. The van der Waals surface area contributed by atoms with Crippen LogP contribution in [0.5, 0.6) is 0 Å². The fourth-order valence-corrected chi connectivity index (χ4v) is 2.59. The number of amides is 1. The van der Waals surface area contributed by atoms with Crippen LogP contribution in [0, 0.1) is 0 Å². The van der Waals surface area contributed by atoms with Gasteiger partial charge in [-0.2, -0.15) is 0 Å². The number of esters is 1. The highest BCUT2D eigenvalue weighted by Crippen LogP contribution is 2.26. The summed E-state index contributed by atoms with van der Waals surface area (Å²) in [5.41, 5.74) is 0. The van der Waals surface area contributed by atoms with E-state index in [9.17, 15) is 9.59 Å². The number of thioether (sulfide) groups is 1. The van der Waals surface area contributed by atoms with Gasteiger partial charge in [-0.1, -0.05) is 0 Å². The minimum absolute atomic E-state index is 0.0156. The summed E-state index contributed by atoms with van der Waals surface area (Å²) < 4.78 is 4.81. The average Bonchev–Trinajstić information content (AvgIpc) is 2.70. The summed E-state index contributed by atoms with van der Waals surface area (Å²) >= 11 is 1.65. The third kappa shape index (κ3) is 3.74. The van der Waals surface area contributed by atoms with E-state index in [0.717, 1.165) is 18.6 Å². The maximum atomic E-state index is 11.6. The third-order valence-electron chi connectivity index (χ3n) is 2.22. The van der Waals surface area contributed by atoms with E-state index in [0.29, 0.717) is 6.61 Å². The minimum Gasteiger partial charge on any atom is -0.464 e. The van der Waals surface area contributed by atoms with Gasteiger partial charge in [0.25, 0.3) is 0 Å². The Morgan fingerprint density at radius 2 is 2.33 bits per heavy atom. The molecule has 1 fully saturated rings. The number of carbonyl (C=O) groups excluding carboxylic acids is 2. The third-order valence-corrected chi connectivity index (χ3v) is 3.60. The fraction of sp³-hybridized carbons (Fsp3) is 0.800. The fourth-order valence-electron chi connectivity index (χ4n) is 1.42. The van der Waals surface area contributed by atoms with Crippen molar-refractivity contribution in [2.45, 2.75) is 38.0 Å². The molecule has 1 aliphatic heterocycles. The van der Waals surface area contributed by atoms with E-state index in [1.807, 2.05) is 0 Å². The maximum Gasteiger partial charge on any atom is 0.328 e. The van der Waals surface area contributed by atoms with Gasteiger partial charge in [0.2, 0.25) is 5.91 Å². The summed E-state index contributed by atoms with van der Waals surface area (Å²) in [6, 6.07) is -0.543. The summed E-state index contributed by atoms with van der Waals surface area (Å²) in [5, 5.41) is 2.69. The molecular weight excluding hydrogens is 214 g/mol. The number of hydrogen-bond donors (Lipinski definition) is 1. The first-order valence-corrected chi connectivity index (χ1v) is 6.28. The van der Waals surface area contributed by atoms with Crippen molar-refractivity contribution in [1.82, 2.24) is 5.32 Å². The molecule has 0 bridgehead atoms. The first-order valence-electron chi connectivity index (χ1n) is 5.23. The quantitative estimate of drug-likeness (QED) is 0.732. The van der Waals surface area contributed by atoms with Crippen molar-refractivity contribution in [2.75, 3.05) is 12.4 Å². The molecule has 0 radical (unpaired) electrons. The second-order valence-corrected chi connectivity index (χ2v) is 4.79. The van der Waals surface area contributed by atoms with Gasteiger partial charge in [0.05, 0.1) is 11.9 Å². The Bertz CT molecular complexity index is 239. The van der Waals surface area contributed by atoms with Gasteiger partial charge in [-0.05, 0) is 32.4 Å². The normalized spacial score (nSPS) is 22.1. The van der Waals surface area contributed by atoms with E-state index in [1.165, 1.54) is 0 Å². The van der Waals surface area contributed by atoms with Gasteiger partial charge in [-0.25, -0.2) is 4.79 Å². The van der Waals surface area contributed by atoms with E-state index in [2.05, 4.69) is 5.32 Å². The molecule has 15 heavy (non-hydrogen) atoms. The summed E-state index contributed by atoms with van der Waals surface area (Å²) in [4.78, 5) is 22.9. The van der Waals surface area contributed by atoms with Crippen LogP contribution in [0.2, 0.25) is 0 Å². The second kappa shape index (κ2) is 6.00. The number of rotatable bonds is 4. The van der Waals surface area contributed by atoms with Crippen molar-refractivity contribution in [3.05, 3.63) is 0 Å². The Morgan fingerprint density at radius 1 is 1.60 bits per heavy atom. The Kier molecular flexibility index (Phi) is 4.94. The van der Waals surface area contributed by atoms with E-state index in [-0.39, 0.29) is 17.1 Å². The van der Waals surface area contributed by atoms with Crippen molar-refractivity contribution in [1.29, 1.82) is 0 Å². The summed E-state index contributed by atoms with van der Waals surface area (Å²) in [6.07, 6.45) is 1.99. The predicted octanol–water partition coefficient (Wildman–Crippen LogP) is 0.950. The molecule has 1 N–H and O–H groups in total. The zero-order chi connectivity index (χ0) is 11.3. The lowest BCUT2D eigenvalue weighted by molar-refractivity contribution is -0.146. The smallest absolute Gasteiger partial charge is 0.328 e. The maximum absolute atomic E-state index is 11.6. The van der Waals surface area contributed by atoms with E-state index in [4.69, 9.17) is 4.74 Å². The Hall–Kier alpha value is -0.710. The van der Waals surface area contributed by atoms with Crippen molar-refractivity contribution in [2.24, 2.45) is 0 Å². The monoisotopic (exact) mass is 231 g/mol. The van der Waals surface area contributed by atoms with Crippen molar-refractivity contribution < 1.29 is 14.3 Å². The second-order valence-electron chi connectivity index (χ2n) is 3.48. The highest BCUT2D eigenvalue weighted by Gasteiger charge is 2.26. The molecule has 1 heterocycles. The number of carbonyl (C=O) groups is 2. The molecule has 86 valence electrons. The summed E-state index contributed by atoms with van der Waals surface area (Å²) in [5.74, 6) is 0.623. The first-order chi connectivity index (χ1) is 7.15. The zero-order valence-corrected chi connectivity index (χ0v) is 9.93. The molecule has 0 aromatic rings. The van der Waals surface area contributed by atoms with E-state index in [1.54, 1.807) is 25.6 Å². The van der Waals surface area contributed by atoms with Gasteiger partial charge in [0, 0.05) is 0 Å². The number of hydrogen-bond acceptors (Lipinski definition) is 4. The molecule has 0 aromatic carbocycles. The lowest BCUT2D eigenvalue weighted by Gasteiger charge is -2.15. The van der Waals surface area contributed by atoms with Gasteiger partial charge in [0.1, 0.15) is 6.04 Å². The number of ether oxygens (including phenoxy) is 1. The van der Waals surface area contributed by atoms with Crippen LogP contribution in [0.15, 0.2) is 0 Å². The Labute approximate surface area is 94.1 Å². The summed E-state index contributed by atoms with van der Waals surface area (Å²) in [6.45, 7) is 3.74. The van der Waals surface area contributed by atoms with Crippen LogP contribution in [-0.4, -0.2) is 35.5 Å². The van der Waals surface area contributed by atoms with Crippen LogP contribution in [0.3, 0.4) is 0 Å². The molecule has 1 unspecified atom stereocenters. The molecule has 0 aromatic heterocycles. The molecule has 1 rings (SSSR count). The van der Waals surface area contributed by atoms with Crippen LogP contribution in [0.1, 0.15) is 26.7 Å². The molecule has 0 spiro atoms. The molecule has 1 aliphatic rings. The molecule has 4 nitrogen and oxygen atoms in total. The Morgan fingerprint density at radius 3 is 2.87 bits per heavy atom. The number of nitrogens with one attached hydrogen (secondary N) is 1. The molecule has 2 atom stereocenters. The van der Waals surface area contributed by atoms with Crippen molar-refractivity contribution >= 4 is 23.6 Å². The Balaban J connectivity index is 2.33. The molecule has 1 saturated heterocycles. The van der Waals surface area contributed by atoms with Crippen molar-refractivity contribution in [3.63, 3.8) is 0 Å². The van der Waals surface area contributed by atoms with Gasteiger partial charge >= 0.3 is 5.97 Å². The molecule has 1 amide bonds. The lowest BCUT2D eigenvalue weighted by Crippen LogP contribution is -2.43. The highest BCUT2D eigenvalue weighted by molar-refractivity contribution is 8.00. The van der Waals surface area contributed by atoms with Gasteiger partial charge in [-0.15, -0.1) is 11.8 Å². The predicted molar refractivity (Wildman–Crippen MR) is 59.7 cm³/mol. The lowest BCUT2D eigenvalue weighted by atomic mass is 10.2. The molecule has 0 saturated carbocycles. The average molecular weight is 231 g/mol. The van der Waals surface area contributed by atoms with Gasteiger partial charge in [0.15, 0.2) is 0 Å². The van der Waals surface area contributed by atoms with Crippen LogP contribution < -0.4 is 5.32 Å². The standard InChI is InChI=1S/C10H17NO3S/c1-3-14-10(13)7(2)11-9(12)8-5-4-6-15-8/h7-8H,3-6H2,1-2H3,(H,11,12)/t7-,8?/m0/s1. The van der Waals surface area contributed by atoms with Gasteiger partial charge in [-0.3, -0.25) is 4.79 Å². The van der Waals surface area contributed by atoms with Crippen LogP contribution >= 0.6 is 11.8 Å². The largest absolute Gasteiger partial charge is 0.464 e. The molecular formula is C10H17NO3S. The SMILES string of the molecule is CCOC(=O)[C@H](C)NC(=O)C1CCCS1. The van der Waals surface area contributed by atoms with Crippen LogP contribution in [-0.2, 0) is 14.3 Å². The topological polar surface area (TPSA) is 55.4 Å². The minimum atomic E-state index is -0.543. The van der Waals surface area contributed by atoms with Crippen LogP contribution in [0.25, 0.3) is 0 Å².